The number of nitrogens with two attached hydrogens (primary N) is 1. The predicted octanol–water partition coefficient (Wildman–Crippen LogP) is 1.94. The van der Waals surface area contributed by atoms with Crippen molar-refractivity contribution >= 4 is 5.97 Å². The number of aliphatic carboxylic acids is 1. The molecule has 0 amide bonds. The summed E-state index contributed by atoms with van der Waals surface area (Å²) >= 11 is 0. The van der Waals surface area contributed by atoms with Gasteiger partial charge in [-0.1, -0.05) is 12.1 Å². The molecule has 82 valence electrons. The maximum Gasteiger partial charge on any atom is 0.311 e. The fraction of sp³-hybridized carbons (Fsp3) is 0.364. The van der Waals surface area contributed by atoms with Crippen LogP contribution >= 0.6 is 0 Å². The highest BCUT2D eigenvalue weighted by Crippen LogP contribution is 2.31. The van der Waals surface area contributed by atoms with E-state index in [4.69, 9.17) is 10.8 Å². The van der Waals surface area contributed by atoms with E-state index in [1.165, 1.54) is 32.0 Å². The normalized spacial score (nSPS) is 13.6. The summed E-state index contributed by atoms with van der Waals surface area (Å²) in [5.41, 5.74) is 5.17. The minimum atomic E-state index is -1.12. The average molecular weight is 211 g/mol. The van der Waals surface area contributed by atoms with Crippen LogP contribution in [-0.2, 0) is 4.79 Å². The van der Waals surface area contributed by atoms with Crippen molar-refractivity contribution in [3.8, 4) is 0 Å². The summed E-state index contributed by atoms with van der Waals surface area (Å²) < 4.78 is 12.9. The molecule has 0 aliphatic carbocycles. The SMILES string of the molecule is CC(C)(C(=O)O)C(N)c1cccc(F)c1. The van der Waals surface area contributed by atoms with Gasteiger partial charge in [-0.2, -0.15) is 0 Å². The lowest BCUT2D eigenvalue weighted by Crippen LogP contribution is -2.36. The molecule has 3 nitrogen and oxygen atoms in total. The Kier molecular flexibility index (Phi) is 3.09. The van der Waals surface area contributed by atoms with Crippen LogP contribution in [0.25, 0.3) is 0 Å². The Bertz CT molecular complexity index is 377. The third-order valence-corrected chi connectivity index (χ3v) is 2.54. The number of rotatable bonds is 3. The van der Waals surface area contributed by atoms with E-state index >= 15 is 0 Å². The van der Waals surface area contributed by atoms with Crippen LogP contribution in [0.2, 0.25) is 0 Å². The van der Waals surface area contributed by atoms with Crippen LogP contribution in [0, 0.1) is 11.2 Å². The molecule has 1 atom stereocenters. The zero-order chi connectivity index (χ0) is 11.6. The number of carbonyl (C=O) groups is 1. The summed E-state index contributed by atoms with van der Waals surface area (Å²) in [5.74, 6) is -1.41. The maximum absolute atomic E-state index is 12.9. The first-order valence-electron chi connectivity index (χ1n) is 4.60. The van der Waals surface area contributed by atoms with Gasteiger partial charge < -0.3 is 10.8 Å². The van der Waals surface area contributed by atoms with Gasteiger partial charge in [-0.25, -0.2) is 4.39 Å². The Labute approximate surface area is 87.7 Å². The highest BCUT2D eigenvalue weighted by atomic mass is 19.1. The molecule has 0 aliphatic heterocycles. The van der Waals surface area contributed by atoms with E-state index in [0.717, 1.165) is 0 Å². The molecule has 3 N–H and O–H groups in total. The van der Waals surface area contributed by atoms with Gasteiger partial charge in [-0.05, 0) is 31.5 Å². The second-order valence-corrected chi connectivity index (χ2v) is 4.06. The van der Waals surface area contributed by atoms with Crippen LogP contribution in [-0.4, -0.2) is 11.1 Å². The number of halogens is 1. The van der Waals surface area contributed by atoms with Crippen molar-refractivity contribution in [3.63, 3.8) is 0 Å². The molecule has 1 aromatic carbocycles. The maximum atomic E-state index is 12.9. The molecule has 0 saturated carbocycles. The van der Waals surface area contributed by atoms with Gasteiger partial charge in [-0.3, -0.25) is 4.79 Å². The number of carboxylic acid groups (broad SMARTS) is 1. The lowest BCUT2D eigenvalue weighted by molar-refractivity contribution is -0.148. The zero-order valence-corrected chi connectivity index (χ0v) is 8.70. The molecule has 1 unspecified atom stereocenters. The predicted molar refractivity (Wildman–Crippen MR) is 54.7 cm³/mol. The van der Waals surface area contributed by atoms with Gasteiger partial charge in [0.25, 0.3) is 0 Å². The smallest absolute Gasteiger partial charge is 0.311 e. The molecule has 0 bridgehead atoms. The molecule has 0 aliphatic rings. The highest BCUT2D eigenvalue weighted by Gasteiger charge is 2.35. The quantitative estimate of drug-likeness (QED) is 0.803. The van der Waals surface area contributed by atoms with Crippen molar-refractivity contribution in [1.82, 2.24) is 0 Å². The van der Waals surface area contributed by atoms with Crippen molar-refractivity contribution in [3.05, 3.63) is 35.6 Å². The average Bonchev–Trinajstić information content (AvgIpc) is 2.16. The minimum absolute atomic E-state index is 0.413. The van der Waals surface area contributed by atoms with E-state index in [1.807, 2.05) is 0 Å². The van der Waals surface area contributed by atoms with Crippen LogP contribution < -0.4 is 5.73 Å². The fourth-order valence-corrected chi connectivity index (χ4v) is 1.25. The van der Waals surface area contributed by atoms with E-state index in [0.29, 0.717) is 5.56 Å². The number of hydrogen-bond donors (Lipinski definition) is 2. The van der Waals surface area contributed by atoms with Gasteiger partial charge in [-0.15, -0.1) is 0 Å². The van der Waals surface area contributed by atoms with Crippen LogP contribution in [0.3, 0.4) is 0 Å². The van der Waals surface area contributed by atoms with Crippen molar-refractivity contribution in [2.75, 3.05) is 0 Å². The Morgan fingerprint density at radius 2 is 2.13 bits per heavy atom. The molecule has 0 aromatic heterocycles. The van der Waals surface area contributed by atoms with E-state index in [-0.39, 0.29) is 0 Å². The van der Waals surface area contributed by atoms with Gasteiger partial charge in [0, 0.05) is 6.04 Å². The van der Waals surface area contributed by atoms with E-state index in [9.17, 15) is 9.18 Å². The third-order valence-electron chi connectivity index (χ3n) is 2.54. The Balaban J connectivity index is 3.04. The molecule has 0 fully saturated rings. The largest absolute Gasteiger partial charge is 0.481 e. The summed E-state index contributed by atoms with van der Waals surface area (Å²) in [6.45, 7) is 3.04. The first kappa shape index (κ1) is 11.7. The fourth-order valence-electron chi connectivity index (χ4n) is 1.25. The Morgan fingerprint density at radius 1 is 1.53 bits per heavy atom. The molecular formula is C11H14FNO2. The molecule has 15 heavy (non-hydrogen) atoms. The zero-order valence-electron chi connectivity index (χ0n) is 8.70. The van der Waals surface area contributed by atoms with Gasteiger partial charge >= 0.3 is 5.97 Å². The summed E-state index contributed by atoms with van der Waals surface area (Å²) in [6, 6.07) is 4.96. The van der Waals surface area contributed by atoms with Crippen molar-refractivity contribution in [2.45, 2.75) is 19.9 Å². The molecule has 1 aromatic rings. The number of carboxylic acids is 1. The van der Waals surface area contributed by atoms with Crippen LogP contribution in [0.1, 0.15) is 25.5 Å². The first-order valence-corrected chi connectivity index (χ1v) is 4.60. The Morgan fingerprint density at radius 3 is 2.60 bits per heavy atom. The van der Waals surface area contributed by atoms with Crippen molar-refractivity contribution in [1.29, 1.82) is 0 Å². The Hall–Kier alpha value is -1.42. The lowest BCUT2D eigenvalue weighted by atomic mass is 9.81. The monoisotopic (exact) mass is 211 g/mol. The summed E-state index contributed by atoms with van der Waals surface area (Å²) in [4.78, 5) is 10.9. The van der Waals surface area contributed by atoms with Gasteiger partial charge in [0.1, 0.15) is 5.82 Å². The minimum Gasteiger partial charge on any atom is -0.481 e. The van der Waals surface area contributed by atoms with Crippen molar-refractivity contribution < 1.29 is 14.3 Å². The van der Waals surface area contributed by atoms with E-state index < -0.39 is 23.2 Å². The molecule has 0 radical (unpaired) electrons. The van der Waals surface area contributed by atoms with Crippen molar-refractivity contribution in [2.24, 2.45) is 11.1 Å². The van der Waals surface area contributed by atoms with Gasteiger partial charge in [0.05, 0.1) is 5.41 Å². The lowest BCUT2D eigenvalue weighted by Gasteiger charge is -2.27. The molecule has 0 spiro atoms. The molecule has 0 saturated heterocycles. The molecule has 0 heterocycles. The molecule has 4 heteroatoms. The summed E-state index contributed by atoms with van der Waals surface area (Å²) in [7, 11) is 0. The molecule has 1 rings (SSSR count). The molecular weight excluding hydrogens is 197 g/mol. The third kappa shape index (κ3) is 2.33. The first-order chi connectivity index (χ1) is 6.85. The van der Waals surface area contributed by atoms with E-state index in [2.05, 4.69) is 0 Å². The van der Waals surface area contributed by atoms with E-state index in [1.54, 1.807) is 6.07 Å². The second kappa shape index (κ2) is 3.98. The van der Waals surface area contributed by atoms with Gasteiger partial charge in [0.2, 0.25) is 0 Å². The summed E-state index contributed by atoms with van der Waals surface area (Å²) in [5, 5.41) is 8.97. The summed E-state index contributed by atoms with van der Waals surface area (Å²) in [6.07, 6.45) is 0. The second-order valence-electron chi connectivity index (χ2n) is 4.06. The standard InChI is InChI=1S/C11H14FNO2/c1-11(2,10(14)15)9(13)7-4-3-5-8(12)6-7/h3-6,9H,13H2,1-2H3,(H,14,15). The van der Waals surface area contributed by atoms with Gasteiger partial charge in [0.15, 0.2) is 0 Å². The topological polar surface area (TPSA) is 63.3 Å². The number of hydrogen-bond acceptors (Lipinski definition) is 2. The van der Waals surface area contributed by atoms with Crippen LogP contribution in [0.5, 0.6) is 0 Å². The highest BCUT2D eigenvalue weighted by molar-refractivity contribution is 5.75. The van der Waals surface area contributed by atoms with Crippen LogP contribution in [0.4, 0.5) is 4.39 Å². The van der Waals surface area contributed by atoms with Crippen LogP contribution in [0.15, 0.2) is 24.3 Å². The number of benzene rings is 1.